The predicted molar refractivity (Wildman–Crippen MR) is 69.0 cm³/mol. The van der Waals surface area contributed by atoms with Gasteiger partial charge in [0.15, 0.2) is 0 Å². The van der Waals surface area contributed by atoms with Crippen LogP contribution in [0.15, 0.2) is 0 Å². The molecule has 0 bridgehead atoms. The molecule has 1 aliphatic carbocycles. The summed E-state index contributed by atoms with van der Waals surface area (Å²) in [5.74, 6) is 0. The van der Waals surface area contributed by atoms with Gasteiger partial charge in [-0.3, -0.25) is 0 Å². The van der Waals surface area contributed by atoms with Crippen LogP contribution >= 0.6 is 0 Å². The number of rotatable bonds is 5. The Morgan fingerprint density at radius 1 is 1.18 bits per heavy atom. The fraction of sp³-hybridized carbons (Fsp3) is 1.00. The van der Waals surface area contributed by atoms with Crippen molar-refractivity contribution < 1.29 is 14.9 Å². The number of aliphatic hydroxyl groups excluding tert-OH is 1. The molecule has 0 aromatic rings. The Balaban J connectivity index is 2.47. The number of aliphatic hydroxyl groups is 2. The molecule has 1 saturated carbocycles. The number of hydrogen-bond acceptors (Lipinski definition) is 3. The zero-order chi connectivity index (χ0) is 12.9. The SMILES string of the molecule is COC(C)(C)CCC(O)C1(O)CCCCCC1. The van der Waals surface area contributed by atoms with Crippen molar-refractivity contribution in [2.24, 2.45) is 0 Å². The monoisotopic (exact) mass is 244 g/mol. The summed E-state index contributed by atoms with van der Waals surface area (Å²) in [6, 6.07) is 0. The molecule has 0 aromatic heterocycles. The molecule has 2 N–H and O–H groups in total. The van der Waals surface area contributed by atoms with Crippen LogP contribution in [0.4, 0.5) is 0 Å². The summed E-state index contributed by atoms with van der Waals surface area (Å²) in [4.78, 5) is 0. The minimum atomic E-state index is -0.861. The topological polar surface area (TPSA) is 49.7 Å². The van der Waals surface area contributed by atoms with Crippen LogP contribution in [0.3, 0.4) is 0 Å². The molecule has 1 rings (SSSR count). The quantitative estimate of drug-likeness (QED) is 0.731. The van der Waals surface area contributed by atoms with E-state index in [1.165, 1.54) is 12.8 Å². The summed E-state index contributed by atoms with van der Waals surface area (Å²) < 4.78 is 5.34. The second-order valence-electron chi connectivity index (χ2n) is 6.04. The van der Waals surface area contributed by atoms with Crippen LogP contribution < -0.4 is 0 Å². The molecular formula is C14H28O3. The molecule has 0 saturated heterocycles. The molecule has 0 aliphatic heterocycles. The van der Waals surface area contributed by atoms with Crippen LogP contribution in [-0.2, 0) is 4.74 Å². The molecule has 0 aromatic carbocycles. The molecule has 1 aliphatic rings. The third kappa shape index (κ3) is 4.57. The van der Waals surface area contributed by atoms with Crippen molar-refractivity contribution >= 4 is 0 Å². The molecule has 3 nitrogen and oxygen atoms in total. The third-order valence-electron chi connectivity index (χ3n) is 4.16. The van der Waals surface area contributed by atoms with Crippen molar-refractivity contribution in [3.8, 4) is 0 Å². The zero-order valence-electron chi connectivity index (χ0n) is 11.5. The van der Waals surface area contributed by atoms with Gasteiger partial charge in [-0.25, -0.2) is 0 Å². The Kier molecular flexibility index (Phi) is 5.42. The maximum atomic E-state index is 10.5. The largest absolute Gasteiger partial charge is 0.390 e. The lowest BCUT2D eigenvalue weighted by Gasteiger charge is -2.34. The molecule has 0 spiro atoms. The van der Waals surface area contributed by atoms with Crippen molar-refractivity contribution in [2.45, 2.75) is 82.5 Å². The van der Waals surface area contributed by atoms with Crippen molar-refractivity contribution in [3.05, 3.63) is 0 Å². The van der Waals surface area contributed by atoms with E-state index in [1.807, 2.05) is 13.8 Å². The first-order valence-corrected chi connectivity index (χ1v) is 6.85. The van der Waals surface area contributed by atoms with Gasteiger partial charge in [0.05, 0.1) is 17.3 Å². The number of ether oxygens (including phenoxy) is 1. The van der Waals surface area contributed by atoms with Gasteiger partial charge in [-0.15, -0.1) is 0 Å². The van der Waals surface area contributed by atoms with Gasteiger partial charge in [0.2, 0.25) is 0 Å². The van der Waals surface area contributed by atoms with E-state index < -0.39 is 11.7 Å². The van der Waals surface area contributed by atoms with Crippen LogP contribution in [0.1, 0.15) is 65.2 Å². The van der Waals surface area contributed by atoms with Crippen molar-refractivity contribution in [1.29, 1.82) is 0 Å². The highest BCUT2D eigenvalue weighted by molar-refractivity contribution is 4.89. The molecule has 0 radical (unpaired) electrons. The van der Waals surface area contributed by atoms with Gasteiger partial charge in [0, 0.05) is 7.11 Å². The predicted octanol–water partition coefficient (Wildman–Crippen LogP) is 2.64. The Bertz CT molecular complexity index is 218. The summed E-state index contributed by atoms with van der Waals surface area (Å²) in [6.07, 6.45) is 6.66. The Hall–Kier alpha value is -0.120. The first-order chi connectivity index (χ1) is 7.90. The van der Waals surface area contributed by atoms with E-state index in [1.54, 1.807) is 7.11 Å². The lowest BCUT2D eigenvalue weighted by molar-refractivity contribution is -0.0964. The van der Waals surface area contributed by atoms with E-state index >= 15 is 0 Å². The highest BCUT2D eigenvalue weighted by atomic mass is 16.5. The van der Waals surface area contributed by atoms with Gasteiger partial charge in [-0.05, 0) is 39.5 Å². The van der Waals surface area contributed by atoms with Crippen LogP contribution in [0, 0.1) is 0 Å². The smallest absolute Gasteiger partial charge is 0.0905 e. The molecular weight excluding hydrogens is 216 g/mol. The van der Waals surface area contributed by atoms with Crippen LogP contribution in [-0.4, -0.2) is 34.6 Å². The van der Waals surface area contributed by atoms with E-state index in [2.05, 4.69) is 0 Å². The summed E-state index contributed by atoms with van der Waals surface area (Å²) in [5, 5.41) is 20.7. The zero-order valence-corrected chi connectivity index (χ0v) is 11.5. The Morgan fingerprint density at radius 3 is 2.18 bits per heavy atom. The van der Waals surface area contributed by atoms with Gasteiger partial charge >= 0.3 is 0 Å². The van der Waals surface area contributed by atoms with Gasteiger partial charge in [0.25, 0.3) is 0 Å². The minimum Gasteiger partial charge on any atom is -0.390 e. The fourth-order valence-electron chi connectivity index (χ4n) is 2.53. The second kappa shape index (κ2) is 6.17. The molecule has 3 heteroatoms. The fourth-order valence-corrected chi connectivity index (χ4v) is 2.53. The standard InChI is InChI=1S/C14H28O3/c1-13(2,17-3)11-8-12(15)14(16)9-6-4-5-7-10-14/h12,15-16H,4-11H2,1-3H3. The first-order valence-electron chi connectivity index (χ1n) is 6.85. The van der Waals surface area contributed by atoms with E-state index in [9.17, 15) is 10.2 Å². The Labute approximate surface area is 105 Å². The Morgan fingerprint density at radius 2 is 1.71 bits per heavy atom. The minimum absolute atomic E-state index is 0.220. The summed E-state index contributed by atoms with van der Waals surface area (Å²) >= 11 is 0. The third-order valence-corrected chi connectivity index (χ3v) is 4.16. The molecule has 0 heterocycles. The normalized spacial score (nSPS) is 23.1. The average molecular weight is 244 g/mol. The van der Waals surface area contributed by atoms with Crippen LogP contribution in [0.5, 0.6) is 0 Å². The molecule has 17 heavy (non-hydrogen) atoms. The molecule has 1 atom stereocenters. The summed E-state index contributed by atoms with van der Waals surface area (Å²) in [7, 11) is 1.69. The first kappa shape index (κ1) is 14.9. The molecule has 1 fully saturated rings. The molecule has 102 valence electrons. The highest BCUT2D eigenvalue weighted by Crippen LogP contribution is 2.32. The average Bonchev–Trinajstić information content (AvgIpc) is 2.52. The number of methoxy groups -OCH3 is 1. The van der Waals surface area contributed by atoms with E-state index in [-0.39, 0.29) is 5.60 Å². The van der Waals surface area contributed by atoms with Gasteiger partial charge in [-0.2, -0.15) is 0 Å². The summed E-state index contributed by atoms with van der Waals surface area (Å²) in [6.45, 7) is 4.02. The van der Waals surface area contributed by atoms with Gasteiger partial charge < -0.3 is 14.9 Å². The second-order valence-corrected chi connectivity index (χ2v) is 6.04. The van der Waals surface area contributed by atoms with E-state index in [0.29, 0.717) is 6.42 Å². The van der Waals surface area contributed by atoms with Crippen molar-refractivity contribution in [2.75, 3.05) is 7.11 Å². The van der Waals surface area contributed by atoms with E-state index in [4.69, 9.17) is 4.74 Å². The van der Waals surface area contributed by atoms with Crippen molar-refractivity contribution in [3.63, 3.8) is 0 Å². The van der Waals surface area contributed by atoms with Crippen molar-refractivity contribution in [1.82, 2.24) is 0 Å². The maximum Gasteiger partial charge on any atom is 0.0905 e. The van der Waals surface area contributed by atoms with Gasteiger partial charge in [-0.1, -0.05) is 25.7 Å². The van der Waals surface area contributed by atoms with Crippen LogP contribution in [0.2, 0.25) is 0 Å². The van der Waals surface area contributed by atoms with Gasteiger partial charge in [0.1, 0.15) is 0 Å². The lowest BCUT2D eigenvalue weighted by Crippen LogP contribution is -2.42. The van der Waals surface area contributed by atoms with Crippen LogP contribution in [0.25, 0.3) is 0 Å². The molecule has 1 unspecified atom stereocenters. The summed E-state index contributed by atoms with van der Waals surface area (Å²) in [5.41, 5.74) is -1.08. The van der Waals surface area contributed by atoms with E-state index in [0.717, 1.165) is 32.1 Å². The lowest BCUT2D eigenvalue weighted by atomic mass is 9.84. The molecule has 0 amide bonds. The maximum absolute atomic E-state index is 10.5. The number of hydrogen-bond donors (Lipinski definition) is 2. The highest BCUT2D eigenvalue weighted by Gasteiger charge is 2.36.